The average Bonchev–Trinajstić information content (AvgIpc) is 2.77. The Morgan fingerprint density at radius 2 is 1.73 bits per heavy atom. The van der Waals surface area contributed by atoms with E-state index in [1.807, 2.05) is 72.7 Å². The van der Waals surface area contributed by atoms with Crippen LogP contribution in [0.15, 0.2) is 30.4 Å². The molecule has 1 atom stereocenters. The second kappa shape index (κ2) is 9.85. The van der Waals surface area contributed by atoms with E-state index in [0.29, 0.717) is 11.6 Å². The van der Waals surface area contributed by atoms with Gasteiger partial charge in [0.2, 0.25) is 5.91 Å². The van der Waals surface area contributed by atoms with Crippen LogP contribution in [0.3, 0.4) is 0 Å². The van der Waals surface area contributed by atoms with Gasteiger partial charge < -0.3 is 20.6 Å². The Morgan fingerprint density at radius 1 is 1.12 bits per heavy atom. The van der Waals surface area contributed by atoms with Crippen LogP contribution in [0.4, 0.5) is 10.5 Å². The summed E-state index contributed by atoms with van der Waals surface area (Å²) >= 11 is 0. The summed E-state index contributed by atoms with van der Waals surface area (Å²) in [6.07, 6.45) is 4.08. The zero-order valence-electron chi connectivity index (χ0n) is 21.6. The molecule has 184 valence electrons. The number of carbonyl (C=O) groups excluding carboxylic acids is 2. The predicted octanol–water partition coefficient (Wildman–Crippen LogP) is 5.69. The third-order valence-electron chi connectivity index (χ3n) is 5.78. The Hall–Kier alpha value is -2.38. The van der Waals surface area contributed by atoms with Crippen molar-refractivity contribution in [3.8, 4) is 0 Å². The van der Waals surface area contributed by atoms with E-state index < -0.39 is 22.8 Å². The Bertz CT molecular complexity index is 897. The summed E-state index contributed by atoms with van der Waals surface area (Å²) in [5.41, 5.74) is 1.09. The number of amides is 2. The molecule has 2 rings (SSSR count). The third-order valence-corrected chi connectivity index (χ3v) is 5.78. The lowest BCUT2D eigenvalue weighted by atomic mass is 9.90. The van der Waals surface area contributed by atoms with Gasteiger partial charge in [-0.2, -0.15) is 5.06 Å². The minimum absolute atomic E-state index is 0.150. The molecule has 1 heterocycles. The van der Waals surface area contributed by atoms with Crippen molar-refractivity contribution in [3.63, 3.8) is 0 Å². The highest BCUT2D eigenvalue weighted by Crippen LogP contribution is 2.48. The third kappa shape index (κ3) is 6.81. The summed E-state index contributed by atoms with van der Waals surface area (Å²) in [5, 5.41) is 17.8. The molecule has 0 radical (unpaired) electrons. The van der Waals surface area contributed by atoms with Crippen molar-refractivity contribution < 1.29 is 19.5 Å². The molecule has 2 amide bonds. The first-order valence-electron chi connectivity index (χ1n) is 11.6. The van der Waals surface area contributed by atoms with Crippen LogP contribution in [0.1, 0.15) is 86.3 Å². The molecule has 0 spiro atoms. The minimum Gasteiger partial charge on any atom is -0.444 e. The molecule has 0 aliphatic carbocycles. The topological polar surface area (TPSA) is 90.9 Å². The van der Waals surface area contributed by atoms with Crippen LogP contribution in [-0.4, -0.2) is 33.9 Å². The largest absolute Gasteiger partial charge is 0.444 e. The molecule has 1 aromatic rings. The first-order valence-corrected chi connectivity index (χ1v) is 11.6. The van der Waals surface area contributed by atoms with E-state index in [4.69, 9.17) is 4.74 Å². The summed E-state index contributed by atoms with van der Waals surface area (Å²) in [6, 6.07) is 5.54. The number of carbonyl (C=O) groups is 2. The Morgan fingerprint density at radius 3 is 2.30 bits per heavy atom. The maximum absolute atomic E-state index is 12.5. The number of hydrogen-bond acceptors (Lipinski definition) is 5. The maximum Gasteiger partial charge on any atom is 0.408 e. The van der Waals surface area contributed by atoms with Crippen LogP contribution in [0, 0.1) is 5.92 Å². The number of alkyl carbamates (subject to hydrolysis) is 1. The van der Waals surface area contributed by atoms with Crippen molar-refractivity contribution >= 4 is 17.7 Å². The number of benzene rings is 1. The monoisotopic (exact) mass is 459 g/mol. The van der Waals surface area contributed by atoms with Crippen molar-refractivity contribution in [1.82, 2.24) is 10.4 Å². The van der Waals surface area contributed by atoms with Crippen molar-refractivity contribution in [2.45, 2.75) is 97.9 Å². The van der Waals surface area contributed by atoms with Crippen LogP contribution in [0.2, 0.25) is 0 Å². The van der Waals surface area contributed by atoms with Gasteiger partial charge in [-0.1, -0.05) is 32.1 Å². The fraction of sp³-hybridized carbons (Fsp3) is 0.615. The Kier molecular flexibility index (Phi) is 8.02. The first-order chi connectivity index (χ1) is 15.0. The first kappa shape index (κ1) is 26.9. The second-order valence-electron chi connectivity index (χ2n) is 11.3. The zero-order valence-corrected chi connectivity index (χ0v) is 21.6. The van der Waals surface area contributed by atoms with E-state index in [9.17, 15) is 14.8 Å². The van der Waals surface area contributed by atoms with E-state index in [-0.39, 0.29) is 18.4 Å². The lowest BCUT2D eigenvalue weighted by Gasteiger charge is -2.34. The molecular formula is C26H41N3O4. The standard InChI is InChI=1S/C26H41N3O4/c1-17(2)15-18(28-23(31)33-24(3,4)5)11-10-12-22(30)27-19-13-14-20-21(16-19)26(8,9)29(32)25(20,6)7/h10-11,13-14,16-18,32H,12,15H2,1-9H3,(H,27,30)(H,28,31). The molecule has 1 aromatic carbocycles. The number of rotatable bonds is 7. The van der Waals surface area contributed by atoms with Gasteiger partial charge in [-0.05, 0) is 84.1 Å². The van der Waals surface area contributed by atoms with E-state index in [1.165, 1.54) is 5.06 Å². The number of nitrogens with zero attached hydrogens (tertiary/aromatic N) is 1. The highest BCUT2D eigenvalue weighted by atomic mass is 16.6. The van der Waals surface area contributed by atoms with Gasteiger partial charge in [-0.3, -0.25) is 4.79 Å². The zero-order chi connectivity index (χ0) is 25.2. The van der Waals surface area contributed by atoms with E-state index >= 15 is 0 Å². The number of ether oxygens (including phenoxy) is 1. The smallest absolute Gasteiger partial charge is 0.408 e. The summed E-state index contributed by atoms with van der Waals surface area (Å²) in [6.45, 7) is 17.5. The molecular weight excluding hydrogens is 418 g/mol. The molecule has 33 heavy (non-hydrogen) atoms. The number of hydrogen-bond donors (Lipinski definition) is 3. The molecule has 7 nitrogen and oxygen atoms in total. The Balaban J connectivity index is 2.02. The average molecular weight is 460 g/mol. The van der Waals surface area contributed by atoms with Crippen molar-refractivity contribution in [2.75, 3.05) is 5.32 Å². The number of fused-ring (bicyclic) bond motifs is 1. The molecule has 0 saturated carbocycles. The van der Waals surface area contributed by atoms with Crippen LogP contribution in [-0.2, 0) is 20.6 Å². The predicted molar refractivity (Wildman–Crippen MR) is 131 cm³/mol. The quantitative estimate of drug-likeness (QED) is 0.456. The molecule has 0 bridgehead atoms. The fourth-order valence-corrected chi connectivity index (χ4v) is 4.29. The summed E-state index contributed by atoms with van der Waals surface area (Å²) in [7, 11) is 0. The SMILES string of the molecule is CC(C)CC(C=CCC(=O)Nc1ccc2c(c1)C(C)(C)N(O)C2(C)C)NC(=O)OC(C)(C)C. The second-order valence-corrected chi connectivity index (χ2v) is 11.3. The lowest BCUT2D eigenvalue weighted by molar-refractivity contribution is -0.216. The molecule has 7 heteroatoms. The molecule has 0 aromatic heterocycles. The molecule has 1 unspecified atom stereocenters. The van der Waals surface area contributed by atoms with Gasteiger partial charge in [0, 0.05) is 12.1 Å². The van der Waals surface area contributed by atoms with Crippen molar-refractivity contribution in [2.24, 2.45) is 5.92 Å². The van der Waals surface area contributed by atoms with Crippen molar-refractivity contribution in [3.05, 3.63) is 41.5 Å². The minimum atomic E-state index is -0.567. The lowest BCUT2D eigenvalue weighted by Crippen LogP contribution is -2.42. The van der Waals surface area contributed by atoms with Gasteiger partial charge in [0.15, 0.2) is 0 Å². The van der Waals surface area contributed by atoms with Crippen LogP contribution < -0.4 is 10.6 Å². The summed E-state index contributed by atoms with van der Waals surface area (Å²) in [5.74, 6) is 0.219. The van der Waals surface area contributed by atoms with Gasteiger partial charge in [0.25, 0.3) is 0 Å². The summed E-state index contributed by atoms with van der Waals surface area (Å²) in [4.78, 5) is 24.7. The maximum atomic E-state index is 12.5. The van der Waals surface area contributed by atoms with Gasteiger partial charge in [-0.15, -0.1) is 0 Å². The van der Waals surface area contributed by atoms with Crippen LogP contribution in [0.25, 0.3) is 0 Å². The van der Waals surface area contributed by atoms with Gasteiger partial charge in [0.05, 0.1) is 17.1 Å². The fourth-order valence-electron chi connectivity index (χ4n) is 4.29. The van der Waals surface area contributed by atoms with Crippen molar-refractivity contribution in [1.29, 1.82) is 0 Å². The molecule has 0 saturated heterocycles. The van der Waals surface area contributed by atoms with Gasteiger partial charge >= 0.3 is 6.09 Å². The van der Waals surface area contributed by atoms with E-state index in [2.05, 4.69) is 24.5 Å². The number of anilines is 1. The highest BCUT2D eigenvalue weighted by Gasteiger charge is 2.48. The molecule has 3 N–H and O–H groups in total. The van der Waals surface area contributed by atoms with E-state index in [0.717, 1.165) is 17.5 Å². The van der Waals surface area contributed by atoms with Gasteiger partial charge in [-0.25, -0.2) is 4.79 Å². The number of nitrogens with one attached hydrogen (secondary N) is 2. The van der Waals surface area contributed by atoms with Gasteiger partial charge in [0.1, 0.15) is 5.60 Å². The highest BCUT2D eigenvalue weighted by molar-refractivity contribution is 5.91. The van der Waals surface area contributed by atoms with E-state index in [1.54, 1.807) is 6.08 Å². The van der Waals surface area contributed by atoms with Crippen LogP contribution >= 0.6 is 0 Å². The molecule has 0 fully saturated rings. The summed E-state index contributed by atoms with van der Waals surface area (Å²) < 4.78 is 5.35. The Labute approximate surface area is 198 Å². The normalized spacial score (nSPS) is 18.3. The molecule has 1 aliphatic heterocycles. The molecule has 1 aliphatic rings. The number of hydroxylamine groups is 2. The van der Waals surface area contributed by atoms with Crippen LogP contribution in [0.5, 0.6) is 0 Å².